The summed E-state index contributed by atoms with van der Waals surface area (Å²) in [6.45, 7) is 3.88. The molecule has 0 amide bonds. The number of hydrogen-bond donors (Lipinski definition) is 0. The molecular formula is C21H13F6. The molecule has 27 heavy (non-hydrogen) atoms. The van der Waals surface area contributed by atoms with Gasteiger partial charge in [-0.05, 0) is 65.1 Å². The van der Waals surface area contributed by atoms with Crippen molar-refractivity contribution in [3.8, 4) is 22.3 Å². The van der Waals surface area contributed by atoms with Gasteiger partial charge in [-0.2, -0.15) is 26.3 Å². The molecule has 0 nitrogen and oxygen atoms in total. The number of benzene rings is 3. The highest BCUT2D eigenvalue weighted by Crippen LogP contribution is 2.35. The number of halogens is 6. The molecule has 0 aliphatic carbocycles. The van der Waals surface area contributed by atoms with Crippen molar-refractivity contribution in [2.75, 3.05) is 0 Å². The Morgan fingerprint density at radius 1 is 0.519 bits per heavy atom. The zero-order valence-corrected chi connectivity index (χ0v) is 13.8. The Kier molecular flexibility index (Phi) is 4.76. The first-order chi connectivity index (χ1) is 12.6. The summed E-state index contributed by atoms with van der Waals surface area (Å²) in [5.41, 5.74) is 1.47. The molecule has 3 aromatic rings. The Bertz CT molecular complexity index is 932. The fraction of sp³-hybridized carbons (Fsp3) is 0.0952. The zero-order valence-electron chi connectivity index (χ0n) is 13.8. The third-order valence-corrected chi connectivity index (χ3v) is 4.18. The van der Waals surface area contributed by atoms with Crippen molar-refractivity contribution < 1.29 is 26.3 Å². The largest absolute Gasteiger partial charge is 0.416 e. The molecule has 0 aliphatic heterocycles. The Morgan fingerprint density at radius 3 is 1.37 bits per heavy atom. The van der Waals surface area contributed by atoms with Crippen LogP contribution < -0.4 is 0 Å². The van der Waals surface area contributed by atoms with Gasteiger partial charge in [0, 0.05) is 0 Å². The van der Waals surface area contributed by atoms with Crippen LogP contribution in [0.2, 0.25) is 0 Å². The molecule has 0 fully saturated rings. The predicted molar refractivity (Wildman–Crippen MR) is 91.8 cm³/mol. The van der Waals surface area contributed by atoms with Crippen molar-refractivity contribution >= 4 is 0 Å². The summed E-state index contributed by atoms with van der Waals surface area (Å²) in [5.74, 6) is 0. The predicted octanol–water partition coefficient (Wildman–Crippen LogP) is 7.24. The molecule has 0 unspecified atom stereocenters. The average molecular weight is 379 g/mol. The van der Waals surface area contributed by atoms with Crippen LogP contribution in [0.1, 0.15) is 16.7 Å². The summed E-state index contributed by atoms with van der Waals surface area (Å²) in [7, 11) is 0. The van der Waals surface area contributed by atoms with Crippen LogP contribution >= 0.6 is 0 Å². The van der Waals surface area contributed by atoms with Gasteiger partial charge in [0.15, 0.2) is 0 Å². The Hall–Kier alpha value is -2.76. The van der Waals surface area contributed by atoms with Gasteiger partial charge in [0.05, 0.1) is 11.1 Å². The first-order valence-electron chi connectivity index (χ1n) is 7.87. The van der Waals surface area contributed by atoms with E-state index in [9.17, 15) is 26.3 Å². The van der Waals surface area contributed by atoms with Crippen molar-refractivity contribution in [3.05, 3.63) is 90.3 Å². The van der Waals surface area contributed by atoms with Crippen molar-refractivity contribution in [2.45, 2.75) is 12.4 Å². The normalized spacial score (nSPS) is 12.3. The maximum atomic E-state index is 12.7. The van der Waals surface area contributed by atoms with Crippen LogP contribution in [0.15, 0.2) is 66.7 Å². The van der Waals surface area contributed by atoms with E-state index in [-0.39, 0.29) is 0 Å². The van der Waals surface area contributed by atoms with Gasteiger partial charge in [0.25, 0.3) is 0 Å². The number of rotatable bonds is 2. The minimum Gasteiger partial charge on any atom is -0.166 e. The van der Waals surface area contributed by atoms with Crippen LogP contribution in [-0.4, -0.2) is 0 Å². The van der Waals surface area contributed by atoms with E-state index in [0.717, 1.165) is 24.3 Å². The van der Waals surface area contributed by atoms with E-state index < -0.39 is 23.5 Å². The lowest BCUT2D eigenvalue weighted by molar-refractivity contribution is -0.138. The van der Waals surface area contributed by atoms with Gasteiger partial charge in [-0.3, -0.25) is 0 Å². The molecule has 3 aromatic carbocycles. The molecule has 0 bridgehead atoms. The van der Waals surface area contributed by atoms with Crippen molar-refractivity contribution in [2.24, 2.45) is 0 Å². The van der Waals surface area contributed by atoms with Crippen LogP contribution in [0.5, 0.6) is 0 Å². The lowest BCUT2D eigenvalue weighted by Crippen LogP contribution is -2.04. The molecule has 0 atom stereocenters. The van der Waals surface area contributed by atoms with Crippen molar-refractivity contribution in [3.63, 3.8) is 0 Å². The first kappa shape index (κ1) is 19.0. The molecule has 0 aliphatic rings. The van der Waals surface area contributed by atoms with Crippen LogP contribution in [0.4, 0.5) is 26.3 Å². The van der Waals surface area contributed by atoms with Gasteiger partial charge in [-0.1, -0.05) is 36.4 Å². The summed E-state index contributed by atoms with van der Waals surface area (Å²) in [6, 6.07) is 14.5. The van der Waals surface area contributed by atoms with E-state index in [1.807, 2.05) is 0 Å². The smallest absolute Gasteiger partial charge is 0.166 e. The highest BCUT2D eigenvalue weighted by atomic mass is 19.4. The second kappa shape index (κ2) is 6.76. The molecule has 139 valence electrons. The van der Waals surface area contributed by atoms with E-state index >= 15 is 0 Å². The second-order valence-corrected chi connectivity index (χ2v) is 6.02. The molecule has 0 saturated heterocycles. The molecule has 0 heterocycles. The van der Waals surface area contributed by atoms with Gasteiger partial charge in [-0.15, -0.1) is 0 Å². The summed E-state index contributed by atoms with van der Waals surface area (Å²) >= 11 is 0. The van der Waals surface area contributed by atoms with Gasteiger partial charge in [-0.25, -0.2) is 0 Å². The topological polar surface area (TPSA) is 0 Å². The van der Waals surface area contributed by atoms with E-state index in [1.165, 1.54) is 24.3 Å². The highest BCUT2D eigenvalue weighted by Gasteiger charge is 2.30. The quantitative estimate of drug-likeness (QED) is 0.412. The Balaban J connectivity index is 1.97. The van der Waals surface area contributed by atoms with Crippen LogP contribution in [0.3, 0.4) is 0 Å². The monoisotopic (exact) mass is 379 g/mol. The molecule has 3 rings (SSSR count). The van der Waals surface area contributed by atoms with Gasteiger partial charge in [0.1, 0.15) is 0 Å². The third-order valence-electron chi connectivity index (χ3n) is 4.18. The van der Waals surface area contributed by atoms with Gasteiger partial charge >= 0.3 is 12.4 Å². The number of alkyl halides is 6. The molecular weight excluding hydrogens is 366 g/mol. The van der Waals surface area contributed by atoms with Crippen LogP contribution in [0.25, 0.3) is 22.3 Å². The highest BCUT2D eigenvalue weighted by molar-refractivity contribution is 5.76. The molecule has 0 spiro atoms. The van der Waals surface area contributed by atoms with Crippen molar-refractivity contribution in [1.29, 1.82) is 0 Å². The van der Waals surface area contributed by atoms with E-state index in [1.54, 1.807) is 18.2 Å². The summed E-state index contributed by atoms with van der Waals surface area (Å²) in [4.78, 5) is 0. The molecule has 0 saturated carbocycles. The van der Waals surface area contributed by atoms with E-state index in [0.29, 0.717) is 27.8 Å². The fourth-order valence-corrected chi connectivity index (χ4v) is 2.72. The van der Waals surface area contributed by atoms with E-state index in [4.69, 9.17) is 0 Å². The lowest BCUT2D eigenvalue weighted by Gasteiger charge is -2.12. The zero-order chi connectivity index (χ0) is 19.8. The maximum absolute atomic E-state index is 12.7. The summed E-state index contributed by atoms with van der Waals surface area (Å²) in [6.07, 6.45) is -8.84. The molecule has 0 aromatic heterocycles. The minimum atomic E-state index is -4.42. The number of hydrogen-bond acceptors (Lipinski definition) is 0. The van der Waals surface area contributed by atoms with Gasteiger partial charge < -0.3 is 0 Å². The van der Waals surface area contributed by atoms with Gasteiger partial charge in [0.2, 0.25) is 0 Å². The van der Waals surface area contributed by atoms with Crippen LogP contribution in [-0.2, 0) is 12.4 Å². The fourth-order valence-electron chi connectivity index (χ4n) is 2.72. The standard InChI is InChI=1S/C21H13F6/c1-13-2-3-16(14-4-8-17(9-5-14)20(22,23)24)12-19(13)15-6-10-18(11-7-15)21(25,26)27/h2-12H,1H2. The lowest BCUT2D eigenvalue weighted by atomic mass is 9.94. The average Bonchev–Trinajstić information content (AvgIpc) is 2.61. The third kappa shape index (κ3) is 4.15. The Labute approximate surface area is 152 Å². The second-order valence-electron chi connectivity index (χ2n) is 6.02. The summed E-state index contributed by atoms with van der Waals surface area (Å²) in [5, 5.41) is 0. The minimum absolute atomic E-state index is 0.543. The summed E-state index contributed by atoms with van der Waals surface area (Å²) < 4.78 is 76.2. The first-order valence-corrected chi connectivity index (χ1v) is 7.87. The molecule has 0 N–H and O–H groups in total. The van der Waals surface area contributed by atoms with E-state index in [2.05, 4.69) is 6.92 Å². The maximum Gasteiger partial charge on any atom is 0.416 e. The molecule has 1 radical (unpaired) electrons. The SMILES string of the molecule is [CH2]c1ccc(-c2ccc(C(F)(F)F)cc2)cc1-c1ccc(C(F)(F)F)cc1. The molecule has 6 heteroatoms. The Morgan fingerprint density at radius 2 is 0.926 bits per heavy atom. The van der Waals surface area contributed by atoms with Crippen molar-refractivity contribution in [1.82, 2.24) is 0 Å². The van der Waals surface area contributed by atoms with Crippen LogP contribution in [0, 0.1) is 6.92 Å².